The minimum Gasteiger partial charge on any atom is -0.491 e. The van der Waals surface area contributed by atoms with Crippen LogP contribution >= 0.6 is 22.5 Å². The van der Waals surface area contributed by atoms with E-state index in [-0.39, 0.29) is 22.6 Å². The quantitative estimate of drug-likeness (QED) is 0.270. The molecule has 38 heavy (non-hydrogen) atoms. The van der Waals surface area contributed by atoms with E-state index in [1.807, 2.05) is 13.8 Å². The lowest BCUT2D eigenvalue weighted by Gasteiger charge is -2.26. The van der Waals surface area contributed by atoms with E-state index in [4.69, 9.17) is 22.1 Å². The van der Waals surface area contributed by atoms with Crippen LogP contribution in [0.3, 0.4) is 0 Å². The summed E-state index contributed by atoms with van der Waals surface area (Å²) >= 11 is 6.45. The molecule has 1 unspecified atom stereocenters. The van der Waals surface area contributed by atoms with Crippen LogP contribution in [-0.4, -0.2) is 32.8 Å². The Morgan fingerprint density at radius 3 is 2.42 bits per heavy atom. The summed E-state index contributed by atoms with van der Waals surface area (Å²) in [4.78, 5) is 29.1. The Bertz CT molecular complexity index is 1440. The zero-order valence-corrected chi connectivity index (χ0v) is 21.9. The number of thiol groups is 1. The predicted molar refractivity (Wildman–Crippen MR) is 143 cm³/mol. The minimum absolute atomic E-state index is 0.0398. The number of nitrogens with zero attached hydrogens (tertiary/aromatic N) is 1. The van der Waals surface area contributed by atoms with Gasteiger partial charge >= 0.3 is 12.1 Å². The van der Waals surface area contributed by atoms with Gasteiger partial charge in [-0.15, -0.1) is 0 Å². The van der Waals surface area contributed by atoms with E-state index in [2.05, 4.69) is 4.99 Å². The summed E-state index contributed by atoms with van der Waals surface area (Å²) in [6.07, 6.45) is -4.79. The number of amides is 1. The molecule has 3 aromatic carbocycles. The normalized spacial score (nSPS) is 16.6. The molecule has 11 heteroatoms. The fraction of sp³-hybridized carbons (Fsp3) is 0.222. The number of carboxylic acids is 1. The Hall–Kier alpha value is -3.50. The molecule has 2 atom stereocenters. The zero-order valence-electron chi connectivity index (χ0n) is 20.3. The Kier molecular flexibility index (Phi) is 7.75. The molecular formula is C27H24ClF3N2O4S. The molecule has 0 saturated heterocycles. The van der Waals surface area contributed by atoms with E-state index < -0.39 is 39.8 Å². The lowest BCUT2D eigenvalue weighted by atomic mass is 9.98. The van der Waals surface area contributed by atoms with E-state index in [0.29, 0.717) is 33.0 Å². The first-order valence-corrected chi connectivity index (χ1v) is 13.3. The number of aliphatic carboxylic acids is 1. The van der Waals surface area contributed by atoms with Gasteiger partial charge in [0.05, 0.1) is 22.6 Å². The first-order valence-electron chi connectivity index (χ1n) is 11.5. The summed E-state index contributed by atoms with van der Waals surface area (Å²) in [5.74, 6) is -1.39. The molecule has 0 spiro atoms. The molecule has 0 fully saturated rings. The van der Waals surface area contributed by atoms with Gasteiger partial charge < -0.3 is 15.6 Å². The second kappa shape index (κ2) is 10.7. The molecule has 1 amide bonds. The molecular weight excluding hydrogens is 541 g/mol. The van der Waals surface area contributed by atoms with Crippen molar-refractivity contribution in [2.45, 2.75) is 42.7 Å². The topological polar surface area (TPSA) is 102 Å². The van der Waals surface area contributed by atoms with Gasteiger partial charge in [-0.25, -0.2) is 4.99 Å². The van der Waals surface area contributed by atoms with Crippen LogP contribution in [0.4, 0.5) is 18.9 Å². The summed E-state index contributed by atoms with van der Waals surface area (Å²) in [5, 5.41) is 9.19. The number of rotatable bonds is 8. The maximum Gasteiger partial charge on any atom is 0.416 e. The number of nitrogens with two attached hydrogens (primary N) is 1. The molecule has 0 bridgehead atoms. The van der Waals surface area contributed by atoms with Gasteiger partial charge in [0.25, 0.3) is 0 Å². The third-order valence-electron chi connectivity index (χ3n) is 5.89. The second-order valence-corrected chi connectivity index (χ2v) is 11.8. The number of benzene rings is 3. The van der Waals surface area contributed by atoms with Gasteiger partial charge in [-0.1, -0.05) is 29.8 Å². The largest absolute Gasteiger partial charge is 0.491 e. The van der Waals surface area contributed by atoms with Crippen LogP contribution in [0.2, 0.25) is 0 Å². The smallest absolute Gasteiger partial charge is 0.416 e. The highest BCUT2D eigenvalue weighted by Gasteiger charge is 2.36. The second-order valence-electron chi connectivity index (χ2n) is 8.94. The standard InChI is InChI=1S/C27H24ClF3N2O4S/c1-14(2)37-21-9-7-16(15-4-3-5-19(11-15)27(29,30)31)10-18(21)13-23(25(35)36)38-22-12-17(24(32)34)6-8-20(22)33-26(38)28/h3-12,14,23,38H,13H2,1-2H3,(H2,32,34)(H,35,36)/t23-/m0/s1. The van der Waals surface area contributed by atoms with E-state index in [9.17, 15) is 27.9 Å². The number of aliphatic imine (C=N–C) groups is 1. The van der Waals surface area contributed by atoms with Gasteiger partial charge in [0.15, 0.2) is 0 Å². The van der Waals surface area contributed by atoms with Crippen LogP contribution in [0.25, 0.3) is 11.1 Å². The maximum absolute atomic E-state index is 13.3. The number of ether oxygens (including phenoxy) is 1. The number of hydrogen-bond acceptors (Lipinski definition) is 4. The molecule has 1 heterocycles. The first-order chi connectivity index (χ1) is 17.8. The Labute approximate surface area is 224 Å². The van der Waals surface area contributed by atoms with Crippen LogP contribution in [0.15, 0.2) is 70.6 Å². The molecule has 6 nitrogen and oxygen atoms in total. The van der Waals surface area contributed by atoms with Crippen molar-refractivity contribution in [1.29, 1.82) is 0 Å². The lowest BCUT2D eigenvalue weighted by molar-refractivity contribution is -0.138. The first kappa shape index (κ1) is 27.5. The number of alkyl halides is 3. The van der Waals surface area contributed by atoms with Crippen LogP contribution < -0.4 is 10.5 Å². The van der Waals surface area contributed by atoms with Crippen molar-refractivity contribution < 1.29 is 32.6 Å². The Balaban J connectivity index is 1.78. The van der Waals surface area contributed by atoms with Gasteiger partial charge in [0, 0.05) is 10.5 Å². The molecule has 1 aliphatic heterocycles. The van der Waals surface area contributed by atoms with Crippen molar-refractivity contribution in [3.63, 3.8) is 0 Å². The van der Waals surface area contributed by atoms with Crippen molar-refractivity contribution >= 4 is 44.6 Å². The number of carboxylic acid groups (broad SMARTS) is 1. The van der Waals surface area contributed by atoms with Gasteiger partial charge in [-0.2, -0.15) is 24.1 Å². The van der Waals surface area contributed by atoms with Crippen molar-refractivity contribution in [1.82, 2.24) is 0 Å². The van der Waals surface area contributed by atoms with Gasteiger partial charge in [-0.3, -0.25) is 9.59 Å². The van der Waals surface area contributed by atoms with E-state index in [1.54, 1.807) is 30.3 Å². The number of fused-ring (bicyclic) bond motifs is 1. The SMILES string of the molecule is CC(C)Oc1ccc(-c2cccc(C(F)(F)F)c2)cc1C[C@@H](C(=O)O)[SH]1C(Cl)=Nc2ccc(C(N)=O)cc21. The highest BCUT2D eigenvalue weighted by atomic mass is 35.5. The van der Waals surface area contributed by atoms with Crippen LogP contribution in [0, 0.1) is 0 Å². The molecule has 4 rings (SSSR count). The van der Waals surface area contributed by atoms with Gasteiger partial charge in [0.2, 0.25) is 5.91 Å². The molecule has 3 N–H and O–H groups in total. The average molecular weight is 565 g/mol. The van der Waals surface area contributed by atoms with Crippen molar-refractivity contribution in [3.05, 3.63) is 77.4 Å². The van der Waals surface area contributed by atoms with Crippen LogP contribution in [0.1, 0.15) is 35.3 Å². The van der Waals surface area contributed by atoms with Crippen molar-refractivity contribution in [2.75, 3.05) is 0 Å². The summed E-state index contributed by atoms with van der Waals surface area (Å²) in [6, 6.07) is 14.4. The van der Waals surface area contributed by atoms with Crippen molar-refractivity contribution in [3.8, 4) is 16.9 Å². The molecule has 0 aromatic heterocycles. The molecule has 0 aliphatic carbocycles. The maximum atomic E-state index is 13.3. The average Bonchev–Trinajstić information content (AvgIpc) is 3.17. The number of halogens is 4. The summed E-state index contributed by atoms with van der Waals surface area (Å²) in [6.45, 7) is 3.62. The molecule has 0 radical (unpaired) electrons. The molecule has 3 aromatic rings. The third kappa shape index (κ3) is 5.81. The Morgan fingerprint density at radius 2 is 1.79 bits per heavy atom. The summed E-state index contributed by atoms with van der Waals surface area (Å²) in [5.41, 5.74) is 6.59. The fourth-order valence-corrected chi connectivity index (χ4v) is 7.15. The fourth-order valence-electron chi connectivity index (χ4n) is 4.17. The number of carbonyl (C=O) groups is 2. The highest BCUT2D eigenvalue weighted by Crippen LogP contribution is 2.55. The molecule has 0 saturated carbocycles. The number of primary amides is 1. The van der Waals surface area contributed by atoms with Crippen LogP contribution in [0.5, 0.6) is 5.75 Å². The molecule has 200 valence electrons. The highest BCUT2D eigenvalue weighted by molar-refractivity contribution is 8.33. The summed E-state index contributed by atoms with van der Waals surface area (Å²) in [7, 11) is -1.70. The predicted octanol–water partition coefficient (Wildman–Crippen LogP) is 6.55. The summed E-state index contributed by atoms with van der Waals surface area (Å²) < 4.78 is 45.9. The monoisotopic (exact) mass is 564 g/mol. The Morgan fingerprint density at radius 1 is 1.08 bits per heavy atom. The number of carbonyl (C=O) groups excluding carboxylic acids is 1. The van der Waals surface area contributed by atoms with E-state index in [1.165, 1.54) is 18.2 Å². The van der Waals surface area contributed by atoms with Gasteiger partial charge in [0.1, 0.15) is 10.3 Å². The number of hydrogen-bond donors (Lipinski definition) is 3. The zero-order chi connectivity index (χ0) is 27.8. The van der Waals surface area contributed by atoms with E-state index >= 15 is 0 Å². The van der Waals surface area contributed by atoms with Crippen LogP contribution in [-0.2, 0) is 17.4 Å². The minimum atomic E-state index is -4.51. The molecule has 1 aliphatic rings. The van der Waals surface area contributed by atoms with Crippen molar-refractivity contribution in [2.24, 2.45) is 10.7 Å². The lowest BCUT2D eigenvalue weighted by Crippen LogP contribution is -2.25. The third-order valence-corrected chi connectivity index (χ3v) is 8.92. The van der Waals surface area contributed by atoms with E-state index in [0.717, 1.165) is 12.1 Å². The van der Waals surface area contributed by atoms with Gasteiger partial charge in [-0.05, 0) is 79.4 Å².